The summed E-state index contributed by atoms with van der Waals surface area (Å²) in [5.74, 6) is 0.738. The van der Waals surface area contributed by atoms with Gasteiger partial charge in [-0.3, -0.25) is 9.58 Å². The minimum absolute atomic E-state index is 0.261. The maximum absolute atomic E-state index is 10.3. The van der Waals surface area contributed by atoms with Crippen molar-refractivity contribution in [2.45, 2.75) is 62.7 Å². The van der Waals surface area contributed by atoms with E-state index in [2.05, 4.69) is 21.7 Å². The third-order valence-electron chi connectivity index (χ3n) is 5.74. The Labute approximate surface area is 132 Å². The van der Waals surface area contributed by atoms with Gasteiger partial charge >= 0.3 is 0 Å². The number of rotatable bonds is 3. The molecule has 5 nitrogen and oxygen atoms in total. The number of aromatic nitrogens is 2. The molecule has 1 aliphatic carbocycles. The normalized spacial score (nSPS) is 29.1. The van der Waals surface area contributed by atoms with Crippen LogP contribution >= 0.6 is 0 Å². The molecule has 1 aromatic heterocycles. The molecular weight excluding hydrogens is 278 g/mol. The number of aliphatic hydroxyl groups excluding tert-OH is 1. The monoisotopic (exact) mass is 305 g/mol. The number of ether oxygens (including phenoxy) is 1. The molecule has 2 saturated heterocycles. The van der Waals surface area contributed by atoms with Gasteiger partial charge in [0.05, 0.1) is 17.9 Å². The summed E-state index contributed by atoms with van der Waals surface area (Å²) in [7, 11) is 2.06. The molecule has 1 N–H and O–H groups in total. The summed E-state index contributed by atoms with van der Waals surface area (Å²) in [6.07, 6.45) is 8.20. The molecular formula is C17H27N3O2. The summed E-state index contributed by atoms with van der Waals surface area (Å²) in [4.78, 5) is 2.50. The summed E-state index contributed by atoms with van der Waals surface area (Å²) in [6, 6.07) is 0. The van der Waals surface area contributed by atoms with Gasteiger partial charge in [0.1, 0.15) is 0 Å². The van der Waals surface area contributed by atoms with Crippen molar-refractivity contribution in [1.29, 1.82) is 0 Å². The van der Waals surface area contributed by atoms with E-state index < -0.39 is 0 Å². The van der Waals surface area contributed by atoms with Gasteiger partial charge < -0.3 is 9.84 Å². The van der Waals surface area contributed by atoms with Crippen molar-refractivity contribution in [3.05, 3.63) is 17.5 Å². The van der Waals surface area contributed by atoms with Gasteiger partial charge in [0, 0.05) is 50.5 Å². The lowest BCUT2D eigenvalue weighted by Gasteiger charge is -2.46. The van der Waals surface area contributed by atoms with Crippen LogP contribution in [0.1, 0.15) is 55.7 Å². The molecule has 5 heteroatoms. The van der Waals surface area contributed by atoms with Crippen LogP contribution in [0.15, 0.2) is 6.20 Å². The van der Waals surface area contributed by atoms with Crippen LogP contribution in [0.4, 0.5) is 0 Å². The molecule has 122 valence electrons. The molecule has 0 aromatic carbocycles. The lowest BCUT2D eigenvalue weighted by atomic mass is 9.82. The molecule has 1 saturated carbocycles. The number of nitrogens with zero attached hydrogens (tertiary/aromatic N) is 3. The fourth-order valence-corrected chi connectivity index (χ4v) is 4.22. The first kappa shape index (κ1) is 14.7. The van der Waals surface area contributed by atoms with Crippen molar-refractivity contribution < 1.29 is 9.84 Å². The van der Waals surface area contributed by atoms with E-state index in [1.165, 1.54) is 24.1 Å². The second-order valence-corrected chi connectivity index (χ2v) is 7.30. The van der Waals surface area contributed by atoms with Crippen LogP contribution < -0.4 is 0 Å². The molecule has 4 rings (SSSR count). The predicted molar refractivity (Wildman–Crippen MR) is 83.6 cm³/mol. The van der Waals surface area contributed by atoms with E-state index >= 15 is 0 Å². The fraction of sp³-hybridized carbons (Fsp3) is 0.824. The van der Waals surface area contributed by atoms with E-state index in [4.69, 9.17) is 4.74 Å². The lowest BCUT2D eigenvalue weighted by Crippen LogP contribution is -2.55. The highest BCUT2D eigenvalue weighted by Crippen LogP contribution is 2.42. The van der Waals surface area contributed by atoms with Gasteiger partial charge in [-0.1, -0.05) is 0 Å². The number of aliphatic hydroxyl groups is 1. The van der Waals surface area contributed by atoms with Crippen LogP contribution in [0.2, 0.25) is 0 Å². The summed E-state index contributed by atoms with van der Waals surface area (Å²) in [5, 5.41) is 14.8. The Kier molecular flexibility index (Phi) is 3.75. The molecule has 0 amide bonds. The van der Waals surface area contributed by atoms with Crippen LogP contribution in [-0.2, 0) is 18.3 Å². The lowest BCUT2D eigenvalue weighted by molar-refractivity contribution is -0.177. The van der Waals surface area contributed by atoms with Crippen LogP contribution in [0.3, 0.4) is 0 Å². The number of aryl methyl sites for hydroxylation is 1. The Morgan fingerprint density at radius 3 is 2.77 bits per heavy atom. The van der Waals surface area contributed by atoms with E-state index in [1.54, 1.807) is 0 Å². The number of hydrogen-bond donors (Lipinski definition) is 1. The van der Waals surface area contributed by atoms with Gasteiger partial charge in [0.15, 0.2) is 0 Å². The molecule has 1 atom stereocenters. The average molecular weight is 305 g/mol. The van der Waals surface area contributed by atoms with Gasteiger partial charge in [0.25, 0.3) is 0 Å². The van der Waals surface area contributed by atoms with Crippen molar-refractivity contribution in [2.75, 3.05) is 19.7 Å². The summed E-state index contributed by atoms with van der Waals surface area (Å²) >= 11 is 0. The minimum atomic E-state index is -0.274. The summed E-state index contributed by atoms with van der Waals surface area (Å²) in [6.45, 7) is 3.82. The first-order valence-electron chi connectivity index (χ1n) is 8.73. The highest BCUT2D eigenvalue weighted by Gasteiger charge is 2.43. The highest BCUT2D eigenvalue weighted by molar-refractivity contribution is 5.25. The zero-order chi connectivity index (χ0) is 15.2. The molecule has 0 unspecified atom stereocenters. The molecule has 0 bridgehead atoms. The first-order chi connectivity index (χ1) is 10.7. The molecule has 1 aromatic rings. The van der Waals surface area contributed by atoms with E-state index in [0.717, 1.165) is 57.8 Å². The van der Waals surface area contributed by atoms with E-state index in [1.807, 2.05) is 6.20 Å². The summed E-state index contributed by atoms with van der Waals surface area (Å²) in [5.41, 5.74) is 2.57. The standard InChI is InChI=1S/C17H27N3O2/c1-19-16(13-4-5-13)14(11-18-19)12-20-8-6-17(7-9-20)15(21)3-2-10-22-17/h11,13,15,21H,2-10,12H2,1H3/t15-/m0/s1. The van der Waals surface area contributed by atoms with Gasteiger partial charge in [0.2, 0.25) is 0 Å². The predicted octanol–water partition coefficient (Wildman–Crippen LogP) is 1.80. The smallest absolute Gasteiger partial charge is 0.0964 e. The van der Waals surface area contributed by atoms with Crippen LogP contribution in [-0.4, -0.2) is 51.2 Å². The van der Waals surface area contributed by atoms with Crippen molar-refractivity contribution in [1.82, 2.24) is 14.7 Å². The average Bonchev–Trinajstić information content (AvgIpc) is 3.29. The molecule has 3 heterocycles. The number of piperidine rings is 1. The quantitative estimate of drug-likeness (QED) is 0.925. The van der Waals surface area contributed by atoms with Crippen LogP contribution in [0.5, 0.6) is 0 Å². The zero-order valence-corrected chi connectivity index (χ0v) is 13.5. The maximum atomic E-state index is 10.3. The Hall–Kier alpha value is -0.910. The van der Waals surface area contributed by atoms with Crippen LogP contribution in [0.25, 0.3) is 0 Å². The zero-order valence-electron chi connectivity index (χ0n) is 13.5. The van der Waals surface area contributed by atoms with Crippen molar-refractivity contribution in [2.24, 2.45) is 7.05 Å². The first-order valence-corrected chi connectivity index (χ1v) is 8.73. The molecule has 0 radical (unpaired) electrons. The number of likely N-dealkylation sites (tertiary alicyclic amines) is 1. The second kappa shape index (κ2) is 5.62. The molecule has 22 heavy (non-hydrogen) atoms. The number of hydrogen-bond acceptors (Lipinski definition) is 4. The third kappa shape index (κ3) is 2.59. The fourth-order valence-electron chi connectivity index (χ4n) is 4.22. The SMILES string of the molecule is Cn1ncc(CN2CCC3(CC2)OCCC[C@@H]3O)c1C1CC1. The van der Waals surface area contributed by atoms with E-state index in [-0.39, 0.29) is 11.7 Å². The second-order valence-electron chi connectivity index (χ2n) is 7.30. The third-order valence-corrected chi connectivity index (χ3v) is 5.74. The van der Waals surface area contributed by atoms with Crippen molar-refractivity contribution >= 4 is 0 Å². The van der Waals surface area contributed by atoms with Gasteiger partial charge in [-0.2, -0.15) is 5.10 Å². The maximum Gasteiger partial charge on any atom is 0.0964 e. The molecule has 3 fully saturated rings. The van der Waals surface area contributed by atoms with Crippen LogP contribution in [0, 0.1) is 0 Å². The van der Waals surface area contributed by atoms with Gasteiger partial charge in [-0.15, -0.1) is 0 Å². The summed E-state index contributed by atoms with van der Waals surface area (Å²) < 4.78 is 8.06. The molecule has 3 aliphatic rings. The van der Waals surface area contributed by atoms with E-state index in [9.17, 15) is 5.11 Å². The Morgan fingerprint density at radius 1 is 1.32 bits per heavy atom. The topological polar surface area (TPSA) is 50.5 Å². The Morgan fingerprint density at radius 2 is 2.09 bits per heavy atom. The van der Waals surface area contributed by atoms with E-state index in [0.29, 0.717) is 0 Å². The molecule has 2 aliphatic heterocycles. The highest BCUT2D eigenvalue weighted by atomic mass is 16.5. The van der Waals surface area contributed by atoms with Crippen molar-refractivity contribution in [3.63, 3.8) is 0 Å². The molecule has 1 spiro atoms. The van der Waals surface area contributed by atoms with Gasteiger partial charge in [-0.05, 0) is 38.5 Å². The van der Waals surface area contributed by atoms with Crippen molar-refractivity contribution in [3.8, 4) is 0 Å². The Bertz CT molecular complexity index is 530. The largest absolute Gasteiger partial charge is 0.390 e. The van der Waals surface area contributed by atoms with Gasteiger partial charge in [-0.25, -0.2) is 0 Å². The minimum Gasteiger partial charge on any atom is -0.390 e. The Balaban J connectivity index is 1.40.